The quantitative estimate of drug-likeness (QED) is 0.910. The van der Waals surface area contributed by atoms with Crippen LogP contribution in [-0.2, 0) is 0 Å². The zero-order valence-corrected chi connectivity index (χ0v) is 13.9. The molecule has 1 saturated heterocycles. The van der Waals surface area contributed by atoms with Gasteiger partial charge in [-0.15, -0.1) is 0 Å². The number of amides is 1. The SMILES string of the molecule is CC1CCCN(C(=O)c2ccc(Nc3cccc(Cl)c3)nc2)C1. The van der Waals surface area contributed by atoms with Crippen molar-refractivity contribution in [2.75, 3.05) is 18.4 Å². The number of piperidine rings is 1. The molecular formula is C18H20ClN3O. The Morgan fingerprint density at radius 3 is 2.91 bits per heavy atom. The summed E-state index contributed by atoms with van der Waals surface area (Å²) < 4.78 is 0. The zero-order chi connectivity index (χ0) is 16.2. The molecule has 3 rings (SSSR count). The average molecular weight is 330 g/mol. The van der Waals surface area contributed by atoms with E-state index in [-0.39, 0.29) is 5.91 Å². The van der Waals surface area contributed by atoms with E-state index in [1.54, 1.807) is 6.20 Å². The van der Waals surface area contributed by atoms with Gasteiger partial charge in [0, 0.05) is 30.0 Å². The van der Waals surface area contributed by atoms with Crippen LogP contribution >= 0.6 is 11.6 Å². The number of aromatic nitrogens is 1. The molecule has 0 aliphatic carbocycles. The molecule has 0 radical (unpaired) electrons. The Morgan fingerprint density at radius 1 is 1.35 bits per heavy atom. The van der Waals surface area contributed by atoms with Crippen molar-refractivity contribution in [3.63, 3.8) is 0 Å². The molecule has 1 fully saturated rings. The molecule has 2 aromatic rings. The van der Waals surface area contributed by atoms with Crippen molar-refractivity contribution in [1.29, 1.82) is 0 Å². The summed E-state index contributed by atoms with van der Waals surface area (Å²) in [4.78, 5) is 18.8. The molecule has 1 aromatic heterocycles. The zero-order valence-electron chi connectivity index (χ0n) is 13.1. The summed E-state index contributed by atoms with van der Waals surface area (Å²) in [6.45, 7) is 3.86. The first-order valence-electron chi connectivity index (χ1n) is 7.90. The highest BCUT2D eigenvalue weighted by atomic mass is 35.5. The molecule has 1 aliphatic rings. The van der Waals surface area contributed by atoms with Crippen molar-refractivity contribution in [2.24, 2.45) is 5.92 Å². The van der Waals surface area contributed by atoms with Crippen LogP contribution in [0.2, 0.25) is 5.02 Å². The average Bonchev–Trinajstić information content (AvgIpc) is 2.55. The molecule has 1 N–H and O–H groups in total. The molecule has 4 nitrogen and oxygen atoms in total. The first-order valence-corrected chi connectivity index (χ1v) is 8.27. The first-order chi connectivity index (χ1) is 11.1. The molecule has 1 amide bonds. The van der Waals surface area contributed by atoms with Crippen LogP contribution in [0, 0.1) is 5.92 Å². The molecule has 120 valence electrons. The highest BCUT2D eigenvalue weighted by Crippen LogP contribution is 2.20. The number of hydrogen-bond donors (Lipinski definition) is 1. The van der Waals surface area contributed by atoms with Crippen LogP contribution in [0.1, 0.15) is 30.1 Å². The Kier molecular flexibility index (Phi) is 4.82. The van der Waals surface area contributed by atoms with Crippen LogP contribution in [0.15, 0.2) is 42.6 Å². The van der Waals surface area contributed by atoms with Gasteiger partial charge in [-0.2, -0.15) is 0 Å². The lowest BCUT2D eigenvalue weighted by Gasteiger charge is -2.30. The number of benzene rings is 1. The van der Waals surface area contributed by atoms with E-state index in [0.29, 0.717) is 22.3 Å². The summed E-state index contributed by atoms with van der Waals surface area (Å²) >= 11 is 5.97. The summed E-state index contributed by atoms with van der Waals surface area (Å²) in [5, 5.41) is 3.84. The molecule has 1 aliphatic heterocycles. The first kappa shape index (κ1) is 15.8. The molecule has 23 heavy (non-hydrogen) atoms. The molecule has 0 spiro atoms. The van der Waals surface area contributed by atoms with Crippen molar-refractivity contribution in [2.45, 2.75) is 19.8 Å². The van der Waals surface area contributed by atoms with E-state index in [4.69, 9.17) is 11.6 Å². The van der Waals surface area contributed by atoms with Crippen LogP contribution in [0.4, 0.5) is 11.5 Å². The fourth-order valence-corrected chi connectivity index (χ4v) is 3.06. The fourth-order valence-electron chi connectivity index (χ4n) is 2.86. The maximum Gasteiger partial charge on any atom is 0.255 e. The van der Waals surface area contributed by atoms with E-state index in [2.05, 4.69) is 17.2 Å². The topological polar surface area (TPSA) is 45.2 Å². The Morgan fingerprint density at radius 2 is 2.22 bits per heavy atom. The lowest BCUT2D eigenvalue weighted by molar-refractivity contribution is 0.0682. The summed E-state index contributed by atoms with van der Waals surface area (Å²) in [5.74, 6) is 1.33. The molecule has 0 saturated carbocycles. The van der Waals surface area contributed by atoms with Gasteiger partial charge in [0.25, 0.3) is 5.91 Å². The van der Waals surface area contributed by atoms with Gasteiger partial charge in [0.1, 0.15) is 5.82 Å². The van der Waals surface area contributed by atoms with E-state index in [1.807, 2.05) is 41.3 Å². The largest absolute Gasteiger partial charge is 0.340 e. The van der Waals surface area contributed by atoms with Crippen LogP contribution in [0.3, 0.4) is 0 Å². The Labute approximate surface area is 141 Å². The number of halogens is 1. The van der Waals surface area contributed by atoms with Gasteiger partial charge in [-0.05, 0) is 49.1 Å². The third kappa shape index (κ3) is 4.02. The highest BCUT2D eigenvalue weighted by Gasteiger charge is 2.22. The van der Waals surface area contributed by atoms with Gasteiger partial charge in [-0.3, -0.25) is 4.79 Å². The normalized spacial score (nSPS) is 17.8. The maximum atomic E-state index is 12.5. The minimum absolute atomic E-state index is 0.0679. The number of pyridine rings is 1. The van der Waals surface area contributed by atoms with Gasteiger partial charge >= 0.3 is 0 Å². The predicted molar refractivity (Wildman–Crippen MR) is 93.3 cm³/mol. The highest BCUT2D eigenvalue weighted by molar-refractivity contribution is 6.30. The number of hydrogen-bond acceptors (Lipinski definition) is 3. The number of nitrogens with one attached hydrogen (secondary N) is 1. The number of likely N-dealkylation sites (tertiary alicyclic amines) is 1. The molecule has 1 atom stereocenters. The van der Waals surface area contributed by atoms with Crippen molar-refractivity contribution in [1.82, 2.24) is 9.88 Å². The summed E-state index contributed by atoms with van der Waals surface area (Å²) in [6, 6.07) is 11.1. The van der Waals surface area contributed by atoms with E-state index in [0.717, 1.165) is 25.2 Å². The third-order valence-electron chi connectivity index (χ3n) is 4.05. The molecule has 5 heteroatoms. The van der Waals surface area contributed by atoms with Crippen molar-refractivity contribution in [3.8, 4) is 0 Å². The van der Waals surface area contributed by atoms with Crippen LogP contribution in [-0.4, -0.2) is 28.9 Å². The number of anilines is 2. The molecule has 2 heterocycles. The standard InChI is InChI=1S/C18H20ClN3O/c1-13-4-3-9-22(12-13)18(23)14-7-8-17(20-11-14)21-16-6-2-5-15(19)10-16/h2,5-8,10-11,13H,3-4,9,12H2,1H3,(H,20,21). The minimum Gasteiger partial charge on any atom is -0.340 e. The number of carbonyl (C=O) groups is 1. The Balaban J connectivity index is 1.68. The Bertz CT molecular complexity index is 687. The number of rotatable bonds is 3. The van der Waals surface area contributed by atoms with Crippen LogP contribution in [0.25, 0.3) is 0 Å². The van der Waals surface area contributed by atoms with Crippen LogP contribution in [0.5, 0.6) is 0 Å². The third-order valence-corrected chi connectivity index (χ3v) is 4.29. The van der Waals surface area contributed by atoms with E-state index < -0.39 is 0 Å². The maximum absolute atomic E-state index is 12.5. The lowest BCUT2D eigenvalue weighted by Crippen LogP contribution is -2.39. The van der Waals surface area contributed by atoms with Crippen molar-refractivity contribution >= 4 is 29.0 Å². The molecule has 0 bridgehead atoms. The Hall–Kier alpha value is -2.07. The number of carbonyl (C=O) groups excluding carboxylic acids is 1. The minimum atomic E-state index is 0.0679. The van der Waals surface area contributed by atoms with E-state index >= 15 is 0 Å². The summed E-state index contributed by atoms with van der Waals surface area (Å²) in [5.41, 5.74) is 1.50. The molecule has 1 unspecified atom stereocenters. The smallest absolute Gasteiger partial charge is 0.255 e. The second kappa shape index (κ2) is 7.01. The van der Waals surface area contributed by atoms with Gasteiger partial charge in [0.15, 0.2) is 0 Å². The number of nitrogens with zero attached hydrogens (tertiary/aromatic N) is 2. The second-order valence-corrected chi connectivity index (χ2v) is 6.50. The fraction of sp³-hybridized carbons (Fsp3) is 0.333. The van der Waals surface area contributed by atoms with Crippen molar-refractivity contribution in [3.05, 3.63) is 53.2 Å². The predicted octanol–water partition coefficient (Wildman–Crippen LogP) is 4.35. The van der Waals surface area contributed by atoms with Gasteiger partial charge in [-0.25, -0.2) is 4.98 Å². The van der Waals surface area contributed by atoms with E-state index in [9.17, 15) is 4.79 Å². The van der Waals surface area contributed by atoms with Gasteiger partial charge in [0.05, 0.1) is 5.56 Å². The molecule has 1 aromatic carbocycles. The molecular weight excluding hydrogens is 310 g/mol. The summed E-state index contributed by atoms with van der Waals surface area (Å²) in [6.07, 6.45) is 3.91. The van der Waals surface area contributed by atoms with Gasteiger partial charge < -0.3 is 10.2 Å². The monoisotopic (exact) mass is 329 g/mol. The summed E-state index contributed by atoms with van der Waals surface area (Å²) in [7, 11) is 0. The second-order valence-electron chi connectivity index (χ2n) is 6.07. The van der Waals surface area contributed by atoms with Gasteiger partial charge in [0.2, 0.25) is 0 Å². The van der Waals surface area contributed by atoms with E-state index in [1.165, 1.54) is 6.42 Å². The van der Waals surface area contributed by atoms with Crippen LogP contribution < -0.4 is 5.32 Å². The lowest BCUT2D eigenvalue weighted by atomic mass is 10.00. The van der Waals surface area contributed by atoms with Crippen molar-refractivity contribution < 1.29 is 4.79 Å². The van der Waals surface area contributed by atoms with Gasteiger partial charge in [-0.1, -0.05) is 24.6 Å².